The van der Waals surface area contributed by atoms with Crippen LogP contribution in [0, 0.1) is 0 Å². The van der Waals surface area contributed by atoms with Crippen molar-refractivity contribution in [3.63, 3.8) is 0 Å². The molecule has 0 aliphatic rings. The van der Waals surface area contributed by atoms with Gasteiger partial charge < -0.3 is 14.4 Å². The molecule has 3 heteroatoms. The Kier molecular flexibility index (Phi) is 5750. The first-order chi connectivity index (χ1) is 3.00. The van der Waals surface area contributed by atoms with Crippen molar-refractivity contribution in [2.75, 3.05) is 0 Å². The highest BCUT2D eigenvalue weighted by atomic mass is 16.1. The number of carbonyl (C=O) groups excluding carboxylic acids is 3. The first-order valence-electron chi connectivity index (χ1n) is 0.866. The summed E-state index contributed by atoms with van der Waals surface area (Å²) in [6, 6.07) is 0. The summed E-state index contributed by atoms with van der Waals surface area (Å²) in [6.07, 6.45) is 0. The summed E-state index contributed by atoms with van der Waals surface area (Å²) >= 11 is 0. The monoisotopic (exact) mass is 154 g/mol. The standard InChI is InChI=1S/3CH2O.4CH4/c3*1-2;;;;/h3*1H2;4*1H4. The lowest BCUT2D eigenvalue weighted by atomic mass is 11.9. The molecule has 0 unspecified atom stereocenters. The first kappa shape index (κ1) is 143. The van der Waals surface area contributed by atoms with E-state index < -0.39 is 0 Å². The quantitative estimate of drug-likeness (QED) is 0.536. The van der Waals surface area contributed by atoms with Crippen molar-refractivity contribution in [1.82, 2.24) is 0 Å². The fourth-order valence-electron chi connectivity index (χ4n) is 0. The predicted octanol–water partition coefficient (Wildman–Crippen LogP) is 1.99. The van der Waals surface area contributed by atoms with E-state index in [0.29, 0.717) is 0 Å². The second-order valence-electron chi connectivity index (χ2n) is 0. The molecule has 0 aliphatic carbocycles. The van der Waals surface area contributed by atoms with E-state index in [4.69, 9.17) is 14.4 Å². The van der Waals surface area contributed by atoms with Crippen molar-refractivity contribution in [3.8, 4) is 0 Å². The van der Waals surface area contributed by atoms with Gasteiger partial charge in [-0.05, 0) is 0 Å². The van der Waals surface area contributed by atoms with Crippen molar-refractivity contribution >= 4 is 20.4 Å². The minimum atomic E-state index is 0. The van der Waals surface area contributed by atoms with Gasteiger partial charge >= 0.3 is 0 Å². The molecule has 0 aromatic heterocycles. The molecule has 0 spiro atoms. The number of carbonyl (C=O) groups is 3. The fraction of sp³-hybridized carbons (Fsp3) is 0.571. The SMILES string of the molecule is C.C.C.C.C=O.C=O.C=O. The third-order valence-corrected chi connectivity index (χ3v) is 0. The van der Waals surface area contributed by atoms with Gasteiger partial charge in [0.05, 0.1) is 0 Å². The Morgan fingerprint density at radius 2 is 0.400 bits per heavy atom. The summed E-state index contributed by atoms with van der Waals surface area (Å²) < 4.78 is 0. The van der Waals surface area contributed by atoms with Gasteiger partial charge in [0.1, 0.15) is 20.4 Å². The van der Waals surface area contributed by atoms with Crippen molar-refractivity contribution < 1.29 is 14.4 Å². The Morgan fingerprint density at radius 3 is 0.400 bits per heavy atom. The van der Waals surface area contributed by atoms with Crippen LogP contribution in [0.5, 0.6) is 0 Å². The molecule has 0 bridgehead atoms. The topological polar surface area (TPSA) is 51.2 Å². The smallest absolute Gasteiger partial charge is 0.106 e. The average Bonchev–Trinajstić information content (AvgIpc) is 1.81. The van der Waals surface area contributed by atoms with Crippen molar-refractivity contribution in [2.24, 2.45) is 0 Å². The third kappa shape index (κ3) is 258. The number of rotatable bonds is 0. The van der Waals surface area contributed by atoms with Crippen LogP contribution in [-0.2, 0) is 14.4 Å². The van der Waals surface area contributed by atoms with Crippen LogP contribution in [0.2, 0.25) is 0 Å². The molecular weight excluding hydrogens is 132 g/mol. The maximum atomic E-state index is 8.00. The Bertz CT molecular complexity index is 13.6. The second-order valence-corrected chi connectivity index (χ2v) is 0. The molecule has 0 aliphatic heterocycles. The zero-order chi connectivity index (χ0) is 6.00. The zero-order valence-corrected chi connectivity index (χ0v) is 3.35. The van der Waals surface area contributed by atoms with E-state index >= 15 is 0 Å². The molecule has 0 aromatic carbocycles. The Hall–Kier alpha value is -0.990. The van der Waals surface area contributed by atoms with Gasteiger partial charge in [0.2, 0.25) is 0 Å². The minimum absolute atomic E-state index is 0. The molecule has 0 fully saturated rings. The molecule has 0 rings (SSSR count). The third-order valence-electron chi connectivity index (χ3n) is 0. The van der Waals surface area contributed by atoms with E-state index in [0.717, 1.165) is 0 Å². The normalized spacial score (nSPS) is 1.20. The average molecular weight is 154 g/mol. The first-order valence-corrected chi connectivity index (χ1v) is 0.866. The Morgan fingerprint density at radius 1 is 0.400 bits per heavy atom. The molecular formula is C7H22O3. The van der Waals surface area contributed by atoms with Gasteiger partial charge in [0, 0.05) is 0 Å². The summed E-state index contributed by atoms with van der Waals surface area (Å²) in [6.45, 7) is 6.00. The summed E-state index contributed by atoms with van der Waals surface area (Å²) in [5.41, 5.74) is 0. The van der Waals surface area contributed by atoms with Crippen LogP contribution in [0.1, 0.15) is 29.7 Å². The maximum absolute atomic E-state index is 8.00. The van der Waals surface area contributed by atoms with Crippen molar-refractivity contribution in [2.45, 2.75) is 29.7 Å². The van der Waals surface area contributed by atoms with Gasteiger partial charge in [-0.1, -0.05) is 29.7 Å². The second kappa shape index (κ2) is 402. The fourth-order valence-corrected chi connectivity index (χ4v) is 0. The van der Waals surface area contributed by atoms with Crippen LogP contribution in [0.4, 0.5) is 0 Å². The number of hydrogen-bond acceptors (Lipinski definition) is 3. The van der Waals surface area contributed by atoms with Gasteiger partial charge in [-0.2, -0.15) is 0 Å². The lowest BCUT2D eigenvalue weighted by Gasteiger charge is -0.837. The lowest BCUT2D eigenvalue weighted by molar-refractivity contribution is -0.0987. The maximum Gasteiger partial charge on any atom is 0.106 e. The van der Waals surface area contributed by atoms with Gasteiger partial charge in [-0.3, -0.25) is 0 Å². The largest absolute Gasteiger partial charge is 0.307 e. The van der Waals surface area contributed by atoms with Crippen LogP contribution in [0.3, 0.4) is 0 Å². The van der Waals surface area contributed by atoms with E-state index in [9.17, 15) is 0 Å². The van der Waals surface area contributed by atoms with E-state index in [1.54, 1.807) is 0 Å². The molecule has 0 atom stereocenters. The molecule has 0 N–H and O–H groups in total. The van der Waals surface area contributed by atoms with E-state index in [1.807, 2.05) is 20.4 Å². The van der Waals surface area contributed by atoms with Gasteiger partial charge in [-0.15, -0.1) is 0 Å². The number of hydrogen-bond donors (Lipinski definition) is 0. The zero-order valence-electron chi connectivity index (χ0n) is 3.35. The predicted molar refractivity (Wildman–Crippen MR) is 48.3 cm³/mol. The van der Waals surface area contributed by atoms with E-state index in [1.165, 1.54) is 0 Å². The Balaban J connectivity index is -0.00000000225. The van der Waals surface area contributed by atoms with Crippen LogP contribution in [0.25, 0.3) is 0 Å². The van der Waals surface area contributed by atoms with Crippen LogP contribution in [0.15, 0.2) is 0 Å². The van der Waals surface area contributed by atoms with Gasteiger partial charge in [-0.25, -0.2) is 0 Å². The van der Waals surface area contributed by atoms with E-state index in [-0.39, 0.29) is 29.7 Å². The molecule has 68 valence electrons. The molecule has 10 heavy (non-hydrogen) atoms. The molecule has 0 saturated carbocycles. The van der Waals surface area contributed by atoms with Crippen LogP contribution < -0.4 is 0 Å². The van der Waals surface area contributed by atoms with Gasteiger partial charge in [0.25, 0.3) is 0 Å². The van der Waals surface area contributed by atoms with Crippen molar-refractivity contribution in [1.29, 1.82) is 0 Å². The molecule has 0 saturated heterocycles. The van der Waals surface area contributed by atoms with Crippen molar-refractivity contribution in [3.05, 3.63) is 0 Å². The molecule has 0 aromatic rings. The summed E-state index contributed by atoms with van der Waals surface area (Å²) in [7, 11) is 0. The molecule has 3 nitrogen and oxygen atoms in total. The van der Waals surface area contributed by atoms with Gasteiger partial charge in [0.15, 0.2) is 0 Å². The molecule has 0 heterocycles. The molecule has 0 radical (unpaired) electrons. The molecule has 0 amide bonds. The Labute approximate surface area is 65.4 Å². The minimum Gasteiger partial charge on any atom is -0.307 e. The summed E-state index contributed by atoms with van der Waals surface area (Å²) in [4.78, 5) is 24.0. The lowest BCUT2D eigenvalue weighted by Crippen LogP contribution is -0.925. The van der Waals surface area contributed by atoms with Crippen LogP contribution in [-0.4, -0.2) is 20.4 Å². The summed E-state index contributed by atoms with van der Waals surface area (Å²) in [5.74, 6) is 0. The van der Waals surface area contributed by atoms with Crippen LogP contribution >= 0.6 is 0 Å². The highest BCUT2D eigenvalue weighted by Gasteiger charge is 0.640. The summed E-state index contributed by atoms with van der Waals surface area (Å²) in [5, 5.41) is 0. The highest BCUT2D eigenvalue weighted by Crippen LogP contribution is 0.499. The van der Waals surface area contributed by atoms with E-state index in [2.05, 4.69) is 0 Å². The highest BCUT2D eigenvalue weighted by molar-refractivity contribution is 5.11.